The number of nitrogens with one attached hydrogen (secondary N) is 1. The number of nitrogens with zero attached hydrogens (tertiary/aromatic N) is 4. The summed E-state index contributed by atoms with van der Waals surface area (Å²) in [6.45, 7) is 1.85. The number of hydrogen-bond acceptors (Lipinski definition) is 4. The molecule has 0 aliphatic carbocycles. The molecule has 7 nitrogen and oxygen atoms in total. The van der Waals surface area contributed by atoms with E-state index in [1.54, 1.807) is 12.5 Å². The van der Waals surface area contributed by atoms with Crippen molar-refractivity contribution in [1.82, 2.24) is 24.4 Å². The minimum atomic E-state index is -0.880. The zero-order valence-corrected chi connectivity index (χ0v) is 13.7. The molecule has 25 heavy (non-hydrogen) atoms. The van der Waals surface area contributed by atoms with E-state index in [1.165, 1.54) is 5.56 Å². The predicted octanol–water partition coefficient (Wildman–Crippen LogP) is 1.84. The Morgan fingerprint density at radius 3 is 2.88 bits per heavy atom. The average molecular weight is 337 g/mol. The van der Waals surface area contributed by atoms with Crippen LogP contribution in [0, 0.1) is 0 Å². The fraction of sp³-hybridized carbons (Fsp3) is 0.278. The first kappa shape index (κ1) is 15.6. The second-order valence-electron chi connectivity index (χ2n) is 6.18. The highest BCUT2D eigenvalue weighted by molar-refractivity contribution is 5.75. The zero-order chi connectivity index (χ0) is 17.2. The minimum Gasteiger partial charge on any atom is -0.480 e. The Bertz CT molecular complexity index is 870. The molecule has 2 N–H and O–H groups in total. The Hall–Kier alpha value is -2.93. The highest BCUT2D eigenvalue weighted by atomic mass is 16.4. The van der Waals surface area contributed by atoms with Gasteiger partial charge in [0.15, 0.2) is 6.04 Å². The highest BCUT2D eigenvalue weighted by Crippen LogP contribution is 2.28. The number of carbonyl (C=O) groups is 1. The standard InChI is InChI=1S/C18H19N5O2/c24-18(25)17-16-14(20-12-21-16)6-8-23(17)11-15-19-7-9-22(15)10-13-4-2-1-3-5-13/h1-5,7,9,12,17H,6,8,10-11H2,(H,20,21)(H,24,25). The van der Waals surface area contributed by atoms with Gasteiger partial charge in [0.1, 0.15) is 5.82 Å². The van der Waals surface area contributed by atoms with E-state index in [9.17, 15) is 9.90 Å². The largest absolute Gasteiger partial charge is 0.480 e. The van der Waals surface area contributed by atoms with E-state index in [2.05, 4.69) is 31.7 Å². The molecule has 4 rings (SSSR count). The number of carboxylic acid groups (broad SMARTS) is 1. The molecule has 1 aromatic carbocycles. The second kappa shape index (κ2) is 6.52. The van der Waals surface area contributed by atoms with Crippen LogP contribution >= 0.6 is 0 Å². The van der Waals surface area contributed by atoms with Gasteiger partial charge >= 0.3 is 5.97 Å². The van der Waals surface area contributed by atoms with Gasteiger partial charge in [-0.3, -0.25) is 9.69 Å². The van der Waals surface area contributed by atoms with Crippen molar-refractivity contribution >= 4 is 5.97 Å². The lowest BCUT2D eigenvalue weighted by molar-refractivity contribution is -0.144. The summed E-state index contributed by atoms with van der Waals surface area (Å²) < 4.78 is 2.06. The van der Waals surface area contributed by atoms with Crippen LogP contribution in [0.3, 0.4) is 0 Å². The van der Waals surface area contributed by atoms with Crippen LogP contribution in [0.15, 0.2) is 49.1 Å². The monoisotopic (exact) mass is 337 g/mol. The van der Waals surface area contributed by atoms with Crippen molar-refractivity contribution in [3.8, 4) is 0 Å². The summed E-state index contributed by atoms with van der Waals surface area (Å²) in [5.74, 6) is -0.0247. The number of aromatic nitrogens is 4. The minimum absolute atomic E-state index is 0.475. The average Bonchev–Trinajstić information content (AvgIpc) is 3.25. The lowest BCUT2D eigenvalue weighted by atomic mass is 10.0. The number of imidazole rings is 2. The van der Waals surface area contributed by atoms with Gasteiger partial charge in [0, 0.05) is 37.6 Å². The van der Waals surface area contributed by atoms with E-state index in [4.69, 9.17) is 0 Å². The summed E-state index contributed by atoms with van der Waals surface area (Å²) in [6, 6.07) is 9.41. The number of hydrogen-bond donors (Lipinski definition) is 2. The van der Waals surface area contributed by atoms with Gasteiger partial charge in [0.25, 0.3) is 0 Å². The Morgan fingerprint density at radius 2 is 2.08 bits per heavy atom. The molecular formula is C18H19N5O2. The van der Waals surface area contributed by atoms with Crippen LogP contribution < -0.4 is 0 Å². The van der Waals surface area contributed by atoms with Crippen molar-refractivity contribution in [2.75, 3.05) is 6.54 Å². The molecule has 7 heteroatoms. The molecule has 1 aliphatic heterocycles. The first-order valence-corrected chi connectivity index (χ1v) is 8.25. The molecule has 3 heterocycles. The van der Waals surface area contributed by atoms with Gasteiger partial charge < -0.3 is 14.7 Å². The summed E-state index contributed by atoms with van der Waals surface area (Å²) in [5, 5.41) is 9.68. The van der Waals surface area contributed by atoms with Crippen LogP contribution in [0.1, 0.15) is 28.8 Å². The molecular weight excluding hydrogens is 318 g/mol. The molecule has 0 saturated carbocycles. The third kappa shape index (κ3) is 3.06. The van der Waals surface area contributed by atoms with E-state index < -0.39 is 12.0 Å². The van der Waals surface area contributed by atoms with Crippen LogP contribution in [-0.4, -0.2) is 42.0 Å². The molecule has 0 fully saturated rings. The smallest absolute Gasteiger partial charge is 0.327 e. The van der Waals surface area contributed by atoms with Crippen molar-refractivity contribution in [3.05, 3.63) is 71.8 Å². The van der Waals surface area contributed by atoms with Crippen LogP contribution in [-0.2, 0) is 24.3 Å². The number of benzene rings is 1. The first-order valence-electron chi connectivity index (χ1n) is 8.25. The van der Waals surface area contributed by atoms with Crippen LogP contribution in [0.25, 0.3) is 0 Å². The molecule has 0 bridgehead atoms. The number of fused-ring (bicyclic) bond motifs is 1. The fourth-order valence-electron chi connectivity index (χ4n) is 3.37. The summed E-state index contributed by atoms with van der Waals surface area (Å²) in [5.41, 5.74) is 2.71. The molecule has 0 radical (unpaired) electrons. The maximum absolute atomic E-state index is 11.8. The SMILES string of the molecule is O=C(O)C1c2nc[nH]c2CCN1Cc1nccn1Cc1ccccc1. The van der Waals surface area contributed by atoms with E-state index in [0.717, 1.165) is 24.5 Å². The van der Waals surface area contributed by atoms with E-state index in [0.29, 0.717) is 18.8 Å². The fourth-order valence-corrected chi connectivity index (χ4v) is 3.37. The number of rotatable bonds is 5. The van der Waals surface area contributed by atoms with Gasteiger partial charge in [0.2, 0.25) is 0 Å². The molecule has 1 atom stereocenters. The summed E-state index contributed by atoms with van der Waals surface area (Å²) in [4.78, 5) is 25.4. The molecule has 0 spiro atoms. The first-order chi connectivity index (χ1) is 12.2. The zero-order valence-electron chi connectivity index (χ0n) is 13.7. The third-order valence-electron chi connectivity index (χ3n) is 4.60. The van der Waals surface area contributed by atoms with Crippen molar-refractivity contribution in [2.45, 2.75) is 25.6 Å². The second-order valence-corrected chi connectivity index (χ2v) is 6.18. The third-order valence-corrected chi connectivity index (χ3v) is 4.60. The molecule has 1 unspecified atom stereocenters. The summed E-state index contributed by atoms with van der Waals surface area (Å²) >= 11 is 0. The van der Waals surface area contributed by atoms with Crippen molar-refractivity contribution in [1.29, 1.82) is 0 Å². The Labute approximate surface area is 145 Å². The maximum atomic E-state index is 11.8. The molecule has 0 saturated heterocycles. The molecule has 128 valence electrons. The van der Waals surface area contributed by atoms with Crippen molar-refractivity contribution < 1.29 is 9.90 Å². The normalized spacial score (nSPS) is 17.4. The Kier molecular flexibility index (Phi) is 4.07. The van der Waals surface area contributed by atoms with Gasteiger partial charge in [-0.1, -0.05) is 30.3 Å². The molecule has 0 amide bonds. The van der Waals surface area contributed by atoms with Gasteiger partial charge in [-0.2, -0.15) is 0 Å². The number of H-pyrrole nitrogens is 1. The molecule has 3 aromatic rings. The lowest BCUT2D eigenvalue weighted by Gasteiger charge is -2.31. The van der Waals surface area contributed by atoms with E-state index in [1.807, 2.05) is 29.3 Å². The quantitative estimate of drug-likeness (QED) is 0.742. The van der Waals surface area contributed by atoms with Gasteiger partial charge in [-0.15, -0.1) is 0 Å². The molecule has 2 aromatic heterocycles. The predicted molar refractivity (Wildman–Crippen MR) is 90.8 cm³/mol. The maximum Gasteiger partial charge on any atom is 0.327 e. The van der Waals surface area contributed by atoms with E-state index in [-0.39, 0.29) is 0 Å². The van der Waals surface area contributed by atoms with Crippen LogP contribution in [0.5, 0.6) is 0 Å². The van der Waals surface area contributed by atoms with Crippen molar-refractivity contribution in [2.24, 2.45) is 0 Å². The summed E-state index contributed by atoms with van der Waals surface area (Å²) in [6.07, 6.45) is 6.03. The number of aromatic amines is 1. The highest BCUT2D eigenvalue weighted by Gasteiger charge is 2.35. The number of aliphatic carboxylic acids is 1. The summed E-state index contributed by atoms with van der Waals surface area (Å²) in [7, 11) is 0. The Morgan fingerprint density at radius 1 is 1.24 bits per heavy atom. The van der Waals surface area contributed by atoms with E-state index >= 15 is 0 Å². The van der Waals surface area contributed by atoms with Gasteiger partial charge in [-0.25, -0.2) is 9.97 Å². The molecule has 1 aliphatic rings. The van der Waals surface area contributed by atoms with Crippen molar-refractivity contribution in [3.63, 3.8) is 0 Å². The van der Waals surface area contributed by atoms with Crippen LogP contribution in [0.4, 0.5) is 0 Å². The lowest BCUT2D eigenvalue weighted by Crippen LogP contribution is -2.40. The number of carboxylic acids is 1. The van der Waals surface area contributed by atoms with Gasteiger partial charge in [0.05, 0.1) is 18.6 Å². The van der Waals surface area contributed by atoms with Gasteiger partial charge in [-0.05, 0) is 5.56 Å². The van der Waals surface area contributed by atoms with Crippen LogP contribution in [0.2, 0.25) is 0 Å². The topological polar surface area (TPSA) is 87.0 Å². The Balaban J connectivity index is 1.57.